The number of rotatable bonds is 4. The second-order valence-corrected chi connectivity index (χ2v) is 4.61. The summed E-state index contributed by atoms with van der Waals surface area (Å²) in [5.74, 6) is -2.68. The zero-order valence-electron chi connectivity index (χ0n) is 12.7. The molecule has 0 amide bonds. The SMILES string of the molecule is CC(=O)O[C@H]1OC[C@@H](OC(C)=O)[C@@H](OC(C)=O)[C@H]1OC(C)=O. The molecule has 4 atom stereocenters. The molecule has 0 unspecified atom stereocenters. The molecule has 0 N–H and O–H groups in total. The standard InChI is InChI=1S/C13H18O9/c1-6(14)19-10-5-18-13(22-9(4)17)12(21-8(3)16)11(10)20-7(2)15/h10-13H,5H2,1-4H3/t10-,11-,12-,13-/m1/s1. The molecule has 1 heterocycles. The molecule has 0 aromatic rings. The third kappa shape index (κ3) is 5.32. The fourth-order valence-corrected chi connectivity index (χ4v) is 1.97. The highest BCUT2D eigenvalue weighted by Gasteiger charge is 2.48. The van der Waals surface area contributed by atoms with Gasteiger partial charge >= 0.3 is 23.9 Å². The quantitative estimate of drug-likeness (QED) is 0.509. The van der Waals surface area contributed by atoms with Crippen LogP contribution in [0.2, 0.25) is 0 Å². The summed E-state index contributed by atoms with van der Waals surface area (Å²) < 4.78 is 25.2. The third-order valence-corrected chi connectivity index (χ3v) is 2.59. The summed E-state index contributed by atoms with van der Waals surface area (Å²) in [4.78, 5) is 44.7. The lowest BCUT2D eigenvalue weighted by molar-refractivity contribution is -0.273. The van der Waals surface area contributed by atoms with Crippen LogP contribution in [0.15, 0.2) is 0 Å². The van der Waals surface area contributed by atoms with Crippen LogP contribution in [-0.4, -0.2) is 55.1 Å². The minimum absolute atomic E-state index is 0.187. The second kappa shape index (κ2) is 7.74. The van der Waals surface area contributed by atoms with Gasteiger partial charge in [0.2, 0.25) is 12.4 Å². The number of esters is 4. The first-order valence-corrected chi connectivity index (χ1v) is 6.51. The molecule has 1 saturated heterocycles. The highest BCUT2D eigenvalue weighted by atomic mass is 16.7. The molecule has 0 aromatic carbocycles. The van der Waals surface area contributed by atoms with Crippen LogP contribution in [0.5, 0.6) is 0 Å². The third-order valence-electron chi connectivity index (χ3n) is 2.59. The van der Waals surface area contributed by atoms with Crippen molar-refractivity contribution in [1.82, 2.24) is 0 Å². The van der Waals surface area contributed by atoms with Crippen LogP contribution in [0, 0.1) is 0 Å². The molecule has 0 bridgehead atoms. The summed E-state index contributed by atoms with van der Waals surface area (Å²) in [6.07, 6.45) is -4.65. The van der Waals surface area contributed by atoms with Crippen molar-refractivity contribution in [2.24, 2.45) is 0 Å². The lowest BCUT2D eigenvalue weighted by Crippen LogP contribution is -2.58. The van der Waals surface area contributed by atoms with E-state index in [4.69, 9.17) is 23.7 Å². The van der Waals surface area contributed by atoms with Crippen LogP contribution in [0.1, 0.15) is 27.7 Å². The van der Waals surface area contributed by atoms with Crippen molar-refractivity contribution in [2.45, 2.75) is 52.3 Å². The molecule has 1 rings (SSSR count). The molecule has 0 aliphatic carbocycles. The predicted molar refractivity (Wildman–Crippen MR) is 68.2 cm³/mol. The van der Waals surface area contributed by atoms with Gasteiger partial charge in [0.15, 0.2) is 12.2 Å². The molecule has 1 fully saturated rings. The van der Waals surface area contributed by atoms with Crippen LogP contribution >= 0.6 is 0 Å². The van der Waals surface area contributed by atoms with E-state index in [-0.39, 0.29) is 6.61 Å². The van der Waals surface area contributed by atoms with E-state index in [9.17, 15) is 19.2 Å². The number of hydrogen-bond acceptors (Lipinski definition) is 9. The Bertz CT molecular complexity index is 416. The second-order valence-electron chi connectivity index (χ2n) is 4.61. The molecule has 1 aliphatic heterocycles. The normalized spacial score (nSPS) is 27.5. The van der Waals surface area contributed by atoms with E-state index < -0.39 is 48.5 Å². The van der Waals surface area contributed by atoms with Gasteiger partial charge in [-0.3, -0.25) is 19.2 Å². The summed E-state index contributed by atoms with van der Waals surface area (Å²) in [5.41, 5.74) is 0. The molecule has 0 aromatic heterocycles. The maximum atomic E-state index is 11.3. The smallest absolute Gasteiger partial charge is 0.305 e. The Labute approximate surface area is 126 Å². The van der Waals surface area contributed by atoms with E-state index in [1.807, 2.05) is 0 Å². The van der Waals surface area contributed by atoms with E-state index in [0.29, 0.717) is 0 Å². The topological polar surface area (TPSA) is 114 Å². The van der Waals surface area contributed by atoms with Gasteiger partial charge in [-0.1, -0.05) is 0 Å². The van der Waals surface area contributed by atoms with Crippen LogP contribution in [0.25, 0.3) is 0 Å². The van der Waals surface area contributed by atoms with Crippen LogP contribution in [0.3, 0.4) is 0 Å². The average molecular weight is 318 g/mol. The van der Waals surface area contributed by atoms with Crippen molar-refractivity contribution in [3.8, 4) is 0 Å². The van der Waals surface area contributed by atoms with Crippen LogP contribution in [-0.2, 0) is 42.9 Å². The first kappa shape index (κ1) is 17.9. The van der Waals surface area contributed by atoms with Gasteiger partial charge in [-0.2, -0.15) is 0 Å². The van der Waals surface area contributed by atoms with Gasteiger partial charge in [0.1, 0.15) is 0 Å². The Morgan fingerprint density at radius 3 is 1.64 bits per heavy atom. The minimum atomic E-state index is -1.27. The molecule has 9 heteroatoms. The molecule has 22 heavy (non-hydrogen) atoms. The number of carbonyl (C=O) groups is 4. The monoisotopic (exact) mass is 318 g/mol. The summed E-state index contributed by atoms with van der Waals surface area (Å²) in [6.45, 7) is 4.40. The van der Waals surface area contributed by atoms with E-state index in [1.165, 1.54) is 6.92 Å². The summed E-state index contributed by atoms with van der Waals surface area (Å²) in [7, 11) is 0. The fraction of sp³-hybridized carbons (Fsp3) is 0.692. The van der Waals surface area contributed by atoms with E-state index in [0.717, 1.165) is 20.8 Å². The Morgan fingerprint density at radius 1 is 0.727 bits per heavy atom. The minimum Gasteiger partial charge on any atom is -0.456 e. The zero-order chi connectivity index (χ0) is 16.9. The highest BCUT2D eigenvalue weighted by Crippen LogP contribution is 2.25. The first-order chi connectivity index (χ1) is 10.2. The first-order valence-electron chi connectivity index (χ1n) is 6.51. The van der Waals surface area contributed by atoms with Crippen molar-refractivity contribution < 1.29 is 42.9 Å². The van der Waals surface area contributed by atoms with Gasteiger partial charge in [0.05, 0.1) is 6.61 Å². The Morgan fingerprint density at radius 2 is 1.18 bits per heavy atom. The number of hydrogen-bond donors (Lipinski definition) is 0. The van der Waals surface area contributed by atoms with Gasteiger partial charge in [0.25, 0.3) is 0 Å². The summed E-state index contributed by atoms with van der Waals surface area (Å²) >= 11 is 0. The van der Waals surface area contributed by atoms with Crippen LogP contribution in [0.4, 0.5) is 0 Å². The van der Waals surface area contributed by atoms with Crippen molar-refractivity contribution in [3.05, 3.63) is 0 Å². The number of carbonyl (C=O) groups excluding carboxylic acids is 4. The average Bonchev–Trinajstić information content (AvgIpc) is 2.34. The summed E-state index contributed by atoms with van der Waals surface area (Å²) in [5, 5.41) is 0. The van der Waals surface area contributed by atoms with Gasteiger partial charge in [-0.25, -0.2) is 0 Å². The molecule has 0 radical (unpaired) electrons. The molecule has 0 spiro atoms. The zero-order valence-corrected chi connectivity index (χ0v) is 12.7. The summed E-state index contributed by atoms with van der Waals surface area (Å²) in [6, 6.07) is 0. The van der Waals surface area contributed by atoms with Gasteiger partial charge in [0, 0.05) is 27.7 Å². The molecular formula is C13H18O9. The van der Waals surface area contributed by atoms with E-state index >= 15 is 0 Å². The van der Waals surface area contributed by atoms with Gasteiger partial charge in [-0.15, -0.1) is 0 Å². The van der Waals surface area contributed by atoms with Crippen LogP contribution < -0.4 is 0 Å². The van der Waals surface area contributed by atoms with Gasteiger partial charge < -0.3 is 23.7 Å². The van der Waals surface area contributed by atoms with Crippen molar-refractivity contribution >= 4 is 23.9 Å². The lowest BCUT2D eigenvalue weighted by atomic mass is 10.0. The maximum Gasteiger partial charge on any atom is 0.305 e. The fourth-order valence-electron chi connectivity index (χ4n) is 1.97. The molecule has 1 aliphatic rings. The largest absolute Gasteiger partial charge is 0.456 e. The predicted octanol–water partition coefficient (Wildman–Crippen LogP) is -0.299. The number of ether oxygens (including phenoxy) is 5. The van der Waals surface area contributed by atoms with E-state index in [1.54, 1.807) is 0 Å². The Balaban J connectivity index is 3.03. The molecular weight excluding hydrogens is 300 g/mol. The van der Waals surface area contributed by atoms with Crippen molar-refractivity contribution in [1.29, 1.82) is 0 Å². The highest BCUT2D eigenvalue weighted by molar-refractivity contribution is 5.69. The van der Waals surface area contributed by atoms with Gasteiger partial charge in [-0.05, 0) is 0 Å². The molecule has 124 valence electrons. The molecule has 0 saturated carbocycles. The van der Waals surface area contributed by atoms with E-state index in [2.05, 4.69) is 0 Å². The lowest BCUT2D eigenvalue weighted by Gasteiger charge is -2.39. The Kier molecular flexibility index (Phi) is 6.29. The molecule has 9 nitrogen and oxygen atoms in total. The maximum absolute atomic E-state index is 11.3. The van der Waals surface area contributed by atoms with Crippen molar-refractivity contribution in [3.63, 3.8) is 0 Å². The Hall–Kier alpha value is -2.16. The van der Waals surface area contributed by atoms with Crippen molar-refractivity contribution in [2.75, 3.05) is 6.61 Å².